The van der Waals surface area contributed by atoms with E-state index >= 15 is 0 Å². The predicted molar refractivity (Wildman–Crippen MR) is 117 cm³/mol. The van der Waals surface area contributed by atoms with Crippen LogP contribution in [-0.4, -0.2) is 39.2 Å². The van der Waals surface area contributed by atoms with Crippen LogP contribution in [0.3, 0.4) is 0 Å². The highest BCUT2D eigenvalue weighted by Gasteiger charge is 2.33. The van der Waals surface area contributed by atoms with E-state index in [0.29, 0.717) is 47.2 Å². The minimum absolute atomic E-state index is 0.371. The first kappa shape index (κ1) is 21.2. The van der Waals surface area contributed by atoms with Gasteiger partial charge in [-0.1, -0.05) is 35.3 Å². The number of piperidine rings is 1. The van der Waals surface area contributed by atoms with Crippen molar-refractivity contribution >= 4 is 23.2 Å². The van der Waals surface area contributed by atoms with E-state index in [1.807, 2.05) is 18.2 Å². The second-order valence-corrected chi connectivity index (χ2v) is 8.36. The zero-order chi connectivity index (χ0) is 21.1. The molecule has 0 bridgehead atoms. The number of hydrogen-bond acceptors (Lipinski definition) is 4. The molecule has 0 saturated carbocycles. The van der Waals surface area contributed by atoms with Gasteiger partial charge in [0.2, 0.25) is 0 Å². The molecule has 1 N–H and O–H groups in total. The van der Waals surface area contributed by atoms with Gasteiger partial charge in [0, 0.05) is 52.9 Å². The number of alkyl halides is 1. The van der Waals surface area contributed by atoms with Crippen molar-refractivity contribution in [3.8, 4) is 11.3 Å². The monoisotopic (exact) mass is 445 g/mol. The van der Waals surface area contributed by atoms with E-state index in [4.69, 9.17) is 23.2 Å². The lowest BCUT2D eigenvalue weighted by molar-refractivity contribution is 0.0219. The third-order valence-electron chi connectivity index (χ3n) is 5.47. The van der Waals surface area contributed by atoms with E-state index in [0.717, 1.165) is 11.1 Å². The molecule has 156 valence electrons. The van der Waals surface area contributed by atoms with Gasteiger partial charge in [-0.25, -0.2) is 4.39 Å². The lowest BCUT2D eigenvalue weighted by atomic mass is 9.91. The van der Waals surface area contributed by atoms with Gasteiger partial charge in [0.05, 0.1) is 11.7 Å². The van der Waals surface area contributed by atoms with Gasteiger partial charge in [-0.05, 0) is 48.7 Å². The summed E-state index contributed by atoms with van der Waals surface area (Å²) < 4.78 is 13.8. The number of pyridine rings is 2. The van der Waals surface area contributed by atoms with Crippen LogP contribution in [0.25, 0.3) is 11.3 Å². The molecule has 0 spiro atoms. The highest BCUT2D eigenvalue weighted by molar-refractivity contribution is 6.35. The van der Waals surface area contributed by atoms with Crippen molar-refractivity contribution < 1.29 is 9.50 Å². The van der Waals surface area contributed by atoms with Gasteiger partial charge >= 0.3 is 0 Å². The summed E-state index contributed by atoms with van der Waals surface area (Å²) in [6, 6.07) is 12.3. The molecule has 3 heterocycles. The van der Waals surface area contributed by atoms with Crippen LogP contribution < -0.4 is 0 Å². The molecule has 4 nitrogen and oxygen atoms in total. The summed E-state index contributed by atoms with van der Waals surface area (Å²) in [6.45, 7) is 1.13. The molecule has 7 heteroatoms. The number of aromatic nitrogens is 2. The minimum atomic E-state index is -0.896. The second-order valence-electron chi connectivity index (χ2n) is 7.49. The Morgan fingerprint density at radius 3 is 2.40 bits per heavy atom. The van der Waals surface area contributed by atoms with Crippen LogP contribution >= 0.6 is 23.2 Å². The molecule has 0 aliphatic carbocycles. The molecule has 1 fully saturated rings. The Labute approximate surface area is 185 Å². The molecule has 1 aliphatic heterocycles. The molecular formula is C23H22Cl2FN3O. The minimum Gasteiger partial charge on any atom is -0.386 e. The number of halogens is 3. The SMILES string of the molecule is O[C@H](c1cccnc1-c1cc(Cl)cc(Cl)c1)[C@H](c1cccnc1)N1CCC(F)CC1. The van der Waals surface area contributed by atoms with Gasteiger partial charge in [-0.3, -0.25) is 14.9 Å². The molecule has 0 unspecified atom stereocenters. The van der Waals surface area contributed by atoms with E-state index in [2.05, 4.69) is 14.9 Å². The number of aliphatic hydroxyl groups excluding tert-OH is 1. The van der Waals surface area contributed by atoms with Crippen LogP contribution in [-0.2, 0) is 0 Å². The summed E-state index contributed by atoms with van der Waals surface area (Å²) >= 11 is 12.4. The predicted octanol–water partition coefficient (Wildman–Crippen LogP) is 5.66. The summed E-state index contributed by atoms with van der Waals surface area (Å²) in [7, 11) is 0. The Morgan fingerprint density at radius 1 is 1.03 bits per heavy atom. The van der Waals surface area contributed by atoms with E-state index in [1.54, 1.807) is 42.9 Å². The topological polar surface area (TPSA) is 49.3 Å². The highest BCUT2D eigenvalue weighted by Crippen LogP contribution is 2.39. The van der Waals surface area contributed by atoms with E-state index < -0.39 is 12.3 Å². The van der Waals surface area contributed by atoms with Crippen molar-refractivity contribution in [1.82, 2.24) is 14.9 Å². The third-order valence-corrected chi connectivity index (χ3v) is 5.91. The largest absolute Gasteiger partial charge is 0.386 e. The van der Waals surface area contributed by atoms with Gasteiger partial charge in [0.25, 0.3) is 0 Å². The Bertz CT molecular complexity index is 976. The molecule has 1 aliphatic rings. The summed E-state index contributed by atoms with van der Waals surface area (Å²) in [5, 5.41) is 12.6. The number of rotatable bonds is 5. The molecule has 4 rings (SSSR count). The van der Waals surface area contributed by atoms with Crippen molar-refractivity contribution in [3.05, 3.63) is 82.2 Å². The van der Waals surface area contributed by atoms with Gasteiger partial charge in [0.15, 0.2) is 0 Å². The number of aliphatic hydroxyl groups is 1. The van der Waals surface area contributed by atoms with E-state index in [1.165, 1.54) is 0 Å². The smallest absolute Gasteiger partial charge is 0.103 e. The first-order valence-electron chi connectivity index (χ1n) is 9.90. The summed E-state index contributed by atoms with van der Waals surface area (Å²) in [6.07, 6.45) is 4.34. The van der Waals surface area contributed by atoms with Crippen molar-refractivity contribution in [2.75, 3.05) is 13.1 Å². The molecule has 1 saturated heterocycles. The quantitative estimate of drug-likeness (QED) is 0.550. The second kappa shape index (κ2) is 9.40. The molecule has 0 radical (unpaired) electrons. The molecule has 30 heavy (non-hydrogen) atoms. The van der Waals surface area contributed by atoms with Gasteiger partial charge in [-0.2, -0.15) is 0 Å². The average Bonchev–Trinajstić information content (AvgIpc) is 2.75. The van der Waals surface area contributed by atoms with Crippen molar-refractivity contribution in [1.29, 1.82) is 0 Å². The zero-order valence-corrected chi connectivity index (χ0v) is 17.8. The first-order valence-corrected chi connectivity index (χ1v) is 10.7. The number of hydrogen-bond donors (Lipinski definition) is 1. The van der Waals surface area contributed by atoms with Gasteiger partial charge in [-0.15, -0.1) is 0 Å². The van der Waals surface area contributed by atoms with Gasteiger partial charge in [0.1, 0.15) is 12.3 Å². The Kier molecular flexibility index (Phi) is 6.64. The zero-order valence-electron chi connectivity index (χ0n) is 16.3. The van der Waals surface area contributed by atoms with Crippen molar-refractivity contribution in [3.63, 3.8) is 0 Å². The molecular weight excluding hydrogens is 424 g/mol. The molecule has 1 aromatic carbocycles. The van der Waals surface area contributed by atoms with E-state index in [-0.39, 0.29) is 6.04 Å². The summed E-state index contributed by atoms with van der Waals surface area (Å²) in [5.41, 5.74) is 2.88. The summed E-state index contributed by atoms with van der Waals surface area (Å²) in [4.78, 5) is 10.9. The molecule has 2 aromatic heterocycles. The molecule has 3 aromatic rings. The number of likely N-dealkylation sites (tertiary alicyclic amines) is 1. The maximum atomic E-state index is 13.8. The fourth-order valence-corrected chi connectivity index (χ4v) is 4.57. The maximum absolute atomic E-state index is 13.8. The van der Waals surface area contributed by atoms with Crippen LogP contribution in [0.2, 0.25) is 10.0 Å². The summed E-state index contributed by atoms with van der Waals surface area (Å²) in [5.74, 6) is 0. The van der Waals surface area contributed by atoms with Gasteiger partial charge < -0.3 is 5.11 Å². The lowest BCUT2D eigenvalue weighted by Crippen LogP contribution is -2.40. The van der Waals surface area contributed by atoms with Crippen LogP contribution in [0, 0.1) is 0 Å². The standard InChI is InChI=1S/C23H22Cl2FN3O/c24-17-11-16(12-18(25)13-17)21-20(4-2-8-28-21)23(30)22(15-3-1-7-27-14-15)29-9-5-19(26)6-10-29/h1-4,7-8,11-14,19,22-23,30H,5-6,9-10H2/t22-,23+/m0/s1. The van der Waals surface area contributed by atoms with Crippen molar-refractivity contribution in [2.45, 2.75) is 31.2 Å². The average molecular weight is 446 g/mol. The van der Waals surface area contributed by atoms with Crippen LogP contribution in [0.1, 0.15) is 36.1 Å². The lowest BCUT2D eigenvalue weighted by Gasteiger charge is -2.38. The van der Waals surface area contributed by atoms with Crippen LogP contribution in [0.15, 0.2) is 61.1 Å². The number of benzene rings is 1. The van der Waals surface area contributed by atoms with Crippen LogP contribution in [0.4, 0.5) is 4.39 Å². The fourth-order valence-electron chi connectivity index (χ4n) is 4.05. The fraction of sp³-hybridized carbons (Fsp3) is 0.304. The van der Waals surface area contributed by atoms with E-state index in [9.17, 15) is 9.50 Å². The Balaban J connectivity index is 1.76. The molecule has 2 atom stereocenters. The normalized spacial score (nSPS) is 17.6. The Hall–Kier alpha value is -2.05. The molecule has 0 amide bonds. The Morgan fingerprint density at radius 2 is 1.73 bits per heavy atom. The van der Waals surface area contributed by atoms with Crippen molar-refractivity contribution in [2.24, 2.45) is 0 Å². The first-order chi connectivity index (χ1) is 14.5. The maximum Gasteiger partial charge on any atom is 0.103 e. The third kappa shape index (κ3) is 4.65. The number of nitrogens with zero attached hydrogens (tertiary/aromatic N) is 3. The highest BCUT2D eigenvalue weighted by atomic mass is 35.5. The van der Waals surface area contributed by atoms with Crippen LogP contribution in [0.5, 0.6) is 0 Å².